The molecule has 0 atom stereocenters. The second-order valence-corrected chi connectivity index (χ2v) is 7.21. The molecule has 4 aromatic carbocycles. The third kappa shape index (κ3) is 4.66. The van der Waals surface area contributed by atoms with Crippen molar-refractivity contribution in [3.63, 3.8) is 0 Å². The number of ether oxygens (including phenoxy) is 1. The van der Waals surface area contributed by atoms with E-state index in [1.807, 2.05) is 30.3 Å². The predicted octanol–water partition coefficient (Wildman–Crippen LogP) is 5.62. The first-order valence-corrected chi connectivity index (χ1v) is 9.98. The molecule has 0 fully saturated rings. The van der Waals surface area contributed by atoms with Crippen molar-refractivity contribution in [2.75, 3.05) is 0 Å². The van der Waals surface area contributed by atoms with Crippen LogP contribution in [0.5, 0.6) is 5.75 Å². The number of rotatable bonds is 5. The van der Waals surface area contributed by atoms with Crippen LogP contribution in [0.15, 0.2) is 90.0 Å². The average Bonchev–Trinajstić information content (AvgIpc) is 2.80. The molecule has 158 valence electrons. The molecule has 0 unspecified atom stereocenters. The lowest BCUT2D eigenvalue weighted by atomic mass is 10.0. The molecular formula is C25H16ClFN2O3. The van der Waals surface area contributed by atoms with E-state index in [4.69, 9.17) is 16.3 Å². The summed E-state index contributed by atoms with van der Waals surface area (Å²) in [7, 11) is 0. The average molecular weight is 447 g/mol. The number of halogens is 2. The first-order chi connectivity index (χ1) is 15.5. The monoisotopic (exact) mass is 446 g/mol. The van der Waals surface area contributed by atoms with Crippen molar-refractivity contribution >= 4 is 40.5 Å². The van der Waals surface area contributed by atoms with E-state index in [0.717, 1.165) is 10.8 Å². The number of hydrogen-bond acceptors (Lipinski definition) is 4. The number of carbonyl (C=O) groups excluding carboxylic acids is 2. The van der Waals surface area contributed by atoms with E-state index in [2.05, 4.69) is 10.5 Å². The van der Waals surface area contributed by atoms with Gasteiger partial charge in [0.1, 0.15) is 11.6 Å². The van der Waals surface area contributed by atoms with Crippen molar-refractivity contribution in [3.05, 3.63) is 112 Å². The highest BCUT2D eigenvalue weighted by Gasteiger charge is 2.14. The number of nitrogens with zero attached hydrogens (tertiary/aromatic N) is 1. The highest BCUT2D eigenvalue weighted by Crippen LogP contribution is 2.27. The number of fused-ring (bicyclic) bond motifs is 1. The van der Waals surface area contributed by atoms with Gasteiger partial charge in [-0.3, -0.25) is 4.79 Å². The number of benzene rings is 4. The van der Waals surface area contributed by atoms with Gasteiger partial charge in [-0.15, -0.1) is 0 Å². The van der Waals surface area contributed by atoms with Crippen molar-refractivity contribution in [2.24, 2.45) is 5.10 Å². The Morgan fingerprint density at radius 3 is 2.41 bits per heavy atom. The lowest BCUT2D eigenvalue weighted by molar-refractivity contribution is 0.0734. The Balaban J connectivity index is 1.63. The standard InChI is InChI=1S/C25H16ClFN2O3/c26-18-12-9-17(10-13-18)25(31)32-23-14-11-16-5-1-2-6-19(16)21(23)15-28-29-24(30)20-7-3-4-8-22(20)27/h1-15H,(H,29,30)/b28-15+. The normalized spacial score (nSPS) is 10.9. The summed E-state index contributed by atoms with van der Waals surface area (Å²) in [5.41, 5.74) is 3.00. The summed E-state index contributed by atoms with van der Waals surface area (Å²) < 4.78 is 19.4. The zero-order chi connectivity index (χ0) is 22.5. The fraction of sp³-hybridized carbons (Fsp3) is 0. The van der Waals surface area contributed by atoms with Crippen LogP contribution in [0.3, 0.4) is 0 Å². The summed E-state index contributed by atoms with van der Waals surface area (Å²) in [5.74, 6) is -1.66. The Bertz CT molecular complexity index is 1340. The smallest absolute Gasteiger partial charge is 0.343 e. The molecule has 0 heterocycles. The second kappa shape index (κ2) is 9.41. The summed E-state index contributed by atoms with van der Waals surface area (Å²) in [6, 6.07) is 22.8. The van der Waals surface area contributed by atoms with E-state index in [0.29, 0.717) is 16.1 Å². The van der Waals surface area contributed by atoms with E-state index in [1.54, 1.807) is 36.4 Å². The van der Waals surface area contributed by atoms with Crippen LogP contribution in [0.2, 0.25) is 5.02 Å². The maximum absolute atomic E-state index is 13.8. The van der Waals surface area contributed by atoms with Gasteiger partial charge in [-0.25, -0.2) is 14.6 Å². The molecule has 0 radical (unpaired) electrons. The summed E-state index contributed by atoms with van der Waals surface area (Å²) >= 11 is 5.88. The van der Waals surface area contributed by atoms with E-state index in [-0.39, 0.29) is 11.3 Å². The Morgan fingerprint density at radius 2 is 1.62 bits per heavy atom. The Morgan fingerprint density at radius 1 is 0.906 bits per heavy atom. The number of amides is 1. The fourth-order valence-electron chi connectivity index (χ4n) is 3.10. The van der Waals surface area contributed by atoms with Gasteiger partial charge in [0.2, 0.25) is 0 Å². The highest BCUT2D eigenvalue weighted by molar-refractivity contribution is 6.30. The molecule has 0 bridgehead atoms. The van der Waals surface area contributed by atoms with Gasteiger partial charge in [-0.1, -0.05) is 54.1 Å². The number of nitrogens with one attached hydrogen (secondary N) is 1. The summed E-state index contributed by atoms with van der Waals surface area (Å²) in [6.07, 6.45) is 1.37. The molecule has 0 saturated heterocycles. The third-order valence-electron chi connectivity index (χ3n) is 4.69. The minimum Gasteiger partial charge on any atom is -0.422 e. The van der Waals surface area contributed by atoms with Crippen LogP contribution in [0, 0.1) is 5.82 Å². The molecule has 32 heavy (non-hydrogen) atoms. The van der Waals surface area contributed by atoms with Gasteiger partial charge >= 0.3 is 5.97 Å². The minimum absolute atomic E-state index is 0.128. The third-order valence-corrected chi connectivity index (χ3v) is 4.94. The number of hydrazone groups is 1. The molecule has 4 rings (SSSR count). The van der Waals surface area contributed by atoms with Crippen molar-refractivity contribution < 1.29 is 18.7 Å². The molecule has 0 aliphatic rings. The maximum Gasteiger partial charge on any atom is 0.343 e. The first kappa shape index (κ1) is 21.2. The fourth-order valence-corrected chi connectivity index (χ4v) is 3.23. The molecule has 4 aromatic rings. The molecular weight excluding hydrogens is 431 g/mol. The van der Waals surface area contributed by atoms with Crippen LogP contribution in [0.25, 0.3) is 10.8 Å². The van der Waals surface area contributed by atoms with Gasteiger partial charge in [-0.05, 0) is 53.2 Å². The SMILES string of the molecule is O=C(Oc1ccc2ccccc2c1/C=N/NC(=O)c1ccccc1F)c1ccc(Cl)cc1. The van der Waals surface area contributed by atoms with E-state index in [9.17, 15) is 14.0 Å². The Hall–Kier alpha value is -4.03. The molecule has 1 N–H and O–H groups in total. The van der Waals surface area contributed by atoms with Crippen molar-refractivity contribution in [1.82, 2.24) is 5.43 Å². The number of hydrogen-bond donors (Lipinski definition) is 1. The van der Waals surface area contributed by atoms with Gasteiger partial charge in [0.25, 0.3) is 5.91 Å². The zero-order valence-corrected chi connectivity index (χ0v) is 17.3. The number of esters is 1. The lowest BCUT2D eigenvalue weighted by Crippen LogP contribution is -2.19. The maximum atomic E-state index is 13.8. The molecule has 1 amide bonds. The molecule has 0 aromatic heterocycles. The van der Waals surface area contributed by atoms with Crippen LogP contribution in [-0.4, -0.2) is 18.1 Å². The van der Waals surface area contributed by atoms with E-state index < -0.39 is 17.7 Å². The Labute approximate surface area is 188 Å². The first-order valence-electron chi connectivity index (χ1n) is 9.60. The van der Waals surface area contributed by atoms with Crippen molar-refractivity contribution in [3.8, 4) is 5.75 Å². The summed E-state index contributed by atoms with van der Waals surface area (Å²) in [4.78, 5) is 24.8. The van der Waals surface area contributed by atoms with Gasteiger partial charge in [0.05, 0.1) is 17.3 Å². The molecule has 5 nitrogen and oxygen atoms in total. The molecule has 7 heteroatoms. The van der Waals surface area contributed by atoms with E-state index in [1.165, 1.54) is 24.4 Å². The van der Waals surface area contributed by atoms with Gasteiger partial charge in [-0.2, -0.15) is 5.10 Å². The summed E-state index contributed by atoms with van der Waals surface area (Å²) in [5, 5.41) is 6.12. The largest absolute Gasteiger partial charge is 0.422 e. The molecule has 0 saturated carbocycles. The quantitative estimate of drug-likeness (QED) is 0.187. The second-order valence-electron chi connectivity index (χ2n) is 6.77. The molecule has 0 aliphatic carbocycles. The zero-order valence-electron chi connectivity index (χ0n) is 16.6. The van der Waals surface area contributed by atoms with Crippen LogP contribution in [0.4, 0.5) is 4.39 Å². The highest BCUT2D eigenvalue weighted by atomic mass is 35.5. The minimum atomic E-state index is -0.695. The van der Waals surface area contributed by atoms with Crippen molar-refractivity contribution in [1.29, 1.82) is 0 Å². The Kier molecular flexibility index (Phi) is 6.24. The van der Waals surface area contributed by atoms with Gasteiger partial charge in [0.15, 0.2) is 0 Å². The lowest BCUT2D eigenvalue weighted by Gasteiger charge is -2.10. The number of carbonyl (C=O) groups is 2. The van der Waals surface area contributed by atoms with Crippen LogP contribution in [-0.2, 0) is 0 Å². The molecule has 0 spiro atoms. The topological polar surface area (TPSA) is 67.8 Å². The van der Waals surface area contributed by atoms with Gasteiger partial charge < -0.3 is 4.74 Å². The summed E-state index contributed by atoms with van der Waals surface area (Å²) in [6.45, 7) is 0. The van der Waals surface area contributed by atoms with Crippen LogP contribution >= 0.6 is 11.6 Å². The predicted molar refractivity (Wildman–Crippen MR) is 122 cm³/mol. The van der Waals surface area contributed by atoms with E-state index >= 15 is 0 Å². The van der Waals surface area contributed by atoms with Crippen LogP contribution < -0.4 is 10.2 Å². The van der Waals surface area contributed by atoms with Gasteiger partial charge in [0, 0.05) is 10.6 Å². The molecule has 0 aliphatic heterocycles. The van der Waals surface area contributed by atoms with Crippen molar-refractivity contribution in [2.45, 2.75) is 0 Å². The van der Waals surface area contributed by atoms with Crippen LogP contribution in [0.1, 0.15) is 26.3 Å².